The molecular formula is C14H9N3O6. The number of nitro groups is 1. The lowest BCUT2D eigenvalue weighted by atomic mass is 9.90. The van der Waals surface area contributed by atoms with E-state index in [2.05, 4.69) is 9.72 Å². The van der Waals surface area contributed by atoms with Crippen molar-refractivity contribution in [2.75, 3.05) is 4.90 Å². The van der Waals surface area contributed by atoms with E-state index in [4.69, 9.17) is 0 Å². The summed E-state index contributed by atoms with van der Waals surface area (Å²) < 4.78 is 4.65. The normalized spacial score (nSPS) is 31.3. The molecule has 0 aliphatic carbocycles. The third-order valence-corrected chi connectivity index (χ3v) is 4.42. The molecule has 1 aromatic heterocycles. The summed E-state index contributed by atoms with van der Waals surface area (Å²) in [5.41, 5.74) is -0.185. The lowest BCUT2D eigenvalue weighted by molar-refractivity contribution is -0.385. The van der Waals surface area contributed by atoms with Crippen molar-refractivity contribution < 1.29 is 24.0 Å². The number of aromatic nitrogens is 1. The minimum absolute atomic E-state index is 0.185. The number of ether oxygens (including phenoxy) is 1. The van der Waals surface area contributed by atoms with Gasteiger partial charge in [0, 0.05) is 6.07 Å². The molecule has 4 rings (SSSR count). The number of esters is 2. The van der Waals surface area contributed by atoms with Crippen LogP contribution in [0.1, 0.15) is 0 Å². The Bertz CT molecular complexity index is 786. The average molecular weight is 315 g/mol. The molecule has 3 aliphatic heterocycles. The average Bonchev–Trinajstić information content (AvgIpc) is 2.96. The van der Waals surface area contributed by atoms with Gasteiger partial charge in [0.1, 0.15) is 24.0 Å². The van der Waals surface area contributed by atoms with Crippen LogP contribution in [0, 0.1) is 22.0 Å². The molecule has 1 aromatic rings. The van der Waals surface area contributed by atoms with Crippen LogP contribution in [0.25, 0.3) is 0 Å². The summed E-state index contributed by atoms with van der Waals surface area (Å²) in [5, 5.41) is 10.7. The zero-order valence-corrected chi connectivity index (χ0v) is 11.5. The van der Waals surface area contributed by atoms with Crippen molar-refractivity contribution in [2.45, 2.75) is 12.1 Å². The van der Waals surface area contributed by atoms with Gasteiger partial charge in [-0.2, -0.15) is 0 Å². The van der Waals surface area contributed by atoms with Gasteiger partial charge >= 0.3 is 11.9 Å². The molecule has 2 fully saturated rings. The Morgan fingerprint density at radius 2 is 1.91 bits per heavy atom. The Morgan fingerprint density at radius 3 is 2.57 bits per heavy atom. The second-order valence-electron chi connectivity index (χ2n) is 5.53. The van der Waals surface area contributed by atoms with Crippen LogP contribution in [0.4, 0.5) is 11.5 Å². The number of rotatable bonds is 2. The third-order valence-electron chi connectivity index (χ3n) is 4.42. The first-order valence-electron chi connectivity index (χ1n) is 6.85. The van der Waals surface area contributed by atoms with E-state index >= 15 is 0 Å². The van der Waals surface area contributed by atoms with Crippen LogP contribution >= 0.6 is 0 Å². The van der Waals surface area contributed by atoms with Crippen molar-refractivity contribution >= 4 is 29.2 Å². The van der Waals surface area contributed by atoms with Gasteiger partial charge < -0.3 is 9.64 Å². The van der Waals surface area contributed by atoms with Gasteiger partial charge in [0.05, 0.1) is 16.9 Å². The van der Waals surface area contributed by atoms with Crippen LogP contribution in [-0.2, 0) is 19.1 Å². The number of cyclic esters (lactones) is 2. The summed E-state index contributed by atoms with van der Waals surface area (Å²) in [7, 11) is 0. The predicted molar refractivity (Wildman–Crippen MR) is 73.2 cm³/mol. The van der Waals surface area contributed by atoms with Crippen LogP contribution in [0.2, 0.25) is 0 Å². The second kappa shape index (κ2) is 4.45. The number of carbonyl (C=O) groups excluding carboxylic acids is 3. The zero-order chi connectivity index (χ0) is 16.3. The molecule has 0 spiro atoms. The van der Waals surface area contributed by atoms with E-state index in [0.717, 1.165) is 6.20 Å². The SMILES string of the molecule is O=C1OC(=O)C2C1C1C=CC(=O)C2N1c1ccc([N+](=O)[O-])cn1. The summed E-state index contributed by atoms with van der Waals surface area (Å²) in [4.78, 5) is 51.8. The van der Waals surface area contributed by atoms with E-state index in [1.807, 2.05) is 0 Å². The minimum atomic E-state index is -0.872. The lowest BCUT2D eigenvalue weighted by Crippen LogP contribution is -2.47. The molecule has 2 bridgehead atoms. The summed E-state index contributed by atoms with van der Waals surface area (Å²) in [6, 6.07) is 1.26. The van der Waals surface area contributed by atoms with Crippen LogP contribution in [0.15, 0.2) is 30.5 Å². The standard InChI is InChI=1S/C14H9N3O6/c18-8-3-2-7-10-11(14(20)23-13(10)19)12(8)16(7)9-4-1-6(5-15-9)17(21)22/h1-5,7,10-12H. The Hall–Kier alpha value is -3.10. The smallest absolute Gasteiger partial charge is 0.320 e. The van der Waals surface area contributed by atoms with Gasteiger partial charge in [-0.15, -0.1) is 0 Å². The molecule has 23 heavy (non-hydrogen) atoms. The van der Waals surface area contributed by atoms with E-state index in [1.165, 1.54) is 18.2 Å². The number of hydrogen-bond acceptors (Lipinski definition) is 8. The monoisotopic (exact) mass is 315 g/mol. The molecule has 4 atom stereocenters. The molecule has 3 aliphatic rings. The fourth-order valence-electron chi connectivity index (χ4n) is 3.49. The van der Waals surface area contributed by atoms with Crippen molar-refractivity contribution in [3.8, 4) is 0 Å². The topological polar surface area (TPSA) is 120 Å². The molecule has 2 saturated heterocycles. The molecule has 0 saturated carbocycles. The van der Waals surface area contributed by atoms with E-state index in [0.29, 0.717) is 5.82 Å². The van der Waals surface area contributed by atoms with Crippen molar-refractivity contribution in [1.29, 1.82) is 0 Å². The number of pyridine rings is 1. The van der Waals surface area contributed by atoms with Gasteiger partial charge in [0.25, 0.3) is 5.69 Å². The quantitative estimate of drug-likeness (QED) is 0.324. The van der Waals surface area contributed by atoms with Gasteiger partial charge in [0.2, 0.25) is 0 Å². The minimum Gasteiger partial charge on any atom is -0.393 e. The lowest BCUT2D eigenvalue weighted by Gasteiger charge is -2.32. The summed E-state index contributed by atoms with van der Waals surface area (Å²) in [5.74, 6) is -3.01. The molecule has 9 heteroatoms. The molecule has 0 N–H and O–H groups in total. The highest BCUT2D eigenvalue weighted by molar-refractivity contribution is 6.09. The van der Waals surface area contributed by atoms with Crippen LogP contribution in [0.3, 0.4) is 0 Å². The molecule has 0 amide bonds. The Kier molecular flexibility index (Phi) is 2.62. The number of nitrogens with zero attached hydrogens (tertiary/aromatic N) is 3. The fourth-order valence-corrected chi connectivity index (χ4v) is 3.49. The summed E-state index contributed by atoms with van der Waals surface area (Å²) >= 11 is 0. The van der Waals surface area contributed by atoms with E-state index in [1.54, 1.807) is 11.0 Å². The van der Waals surface area contributed by atoms with Crippen molar-refractivity contribution in [3.63, 3.8) is 0 Å². The number of hydrogen-bond donors (Lipinski definition) is 0. The first kappa shape index (κ1) is 13.6. The fraction of sp³-hybridized carbons (Fsp3) is 0.286. The van der Waals surface area contributed by atoms with Crippen LogP contribution < -0.4 is 4.90 Å². The molecule has 116 valence electrons. The Labute approximate surface area is 128 Å². The van der Waals surface area contributed by atoms with Gasteiger partial charge in [0.15, 0.2) is 5.78 Å². The molecule has 0 aromatic carbocycles. The maximum Gasteiger partial charge on any atom is 0.320 e. The number of ketones is 1. The van der Waals surface area contributed by atoms with Gasteiger partial charge in [-0.3, -0.25) is 24.5 Å². The number of anilines is 1. The van der Waals surface area contributed by atoms with E-state index < -0.39 is 40.8 Å². The highest BCUT2D eigenvalue weighted by Gasteiger charge is 2.63. The maximum atomic E-state index is 12.2. The molecule has 4 unspecified atom stereocenters. The van der Waals surface area contributed by atoms with Crippen molar-refractivity contribution in [2.24, 2.45) is 11.8 Å². The van der Waals surface area contributed by atoms with Crippen molar-refractivity contribution in [1.82, 2.24) is 4.98 Å². The largest absolute Gasteiger partial charge is 0.393 e. The molecule has 9 nitrogen and oxygen atoms in total. The van der Waals surface area contributed by atoms with Gasteiger partial charge in [-0.1, -0.05) is 6.08 Å². The zero-order valence-electron chi connectivity index (χ0n) is 11.5. The van der Waals surface area contributed by atoms with E-state index in [9.17, 15) is 24.5 Å². The highest BCUT2D eigenvalue weighted by Crippen LogP contribution is 2.46. The van der Waals surface area contributed by atoms with Crippen molar-refractivity contribution in [3.05, 3.63) is 40.6 Å². The van der Waals surface area contributed by atoms with Crippen LogP contribution in [-0.4, -0.2) is 39.7 Å². The molecular weight excluding hydrogens is 306 g/mol. The Morgan fingerprint density at radius 1 is 1.17 bits per heavy atom. The second-order valence-corrected chi connectivity index (χ2v) is 5.53. The van der Waals surface area contributed by atoms with Crippen LogP contribution in [0.5, 0.6) is 0 Å². The van der Waals surface area contributed by atoms with Gasteiger partial charge in [-0.05, 0) is 12.1 Å². The van der Waals surface area contributed by atoms with E-state index in [-0.39, 0.29) is 11.5 Å². The highest BCUT2D eigenvalue weighted by atomic mass is 16.6. The first-order chi connectivity index (χ1) is 11.0. The van der Waals surface area contributed by atoms with Gasteiger partial charge in [-0.25, -0.2) is 4.98 Å². The number of carbonyl (C=O) groups is 3. The third kappa shape index (κ3) is 1.73. The molecule has 0 radical (unpaired) electrons. The maximum absolute atomic E-state index is 12.2. The predicted octanol–water partition coefficient (Wildman–Crippen LogP) is 0.00170. The number of fused-ring (bicyclic) bond motifs is 5. The first-order valence-corrected chi connectivity index (χ1v) is 6.85. The summed E-state index contributed by atoms with van der Waals surface area (Å²) in [6.45, 7) is 0. The summed E-state index contributed by atoms with van der Waals surface area (Å²) in [6.07, 6.45) is 3.98. The Balaban J connectivity index is 1.79. The molecule has 4 heterocycles.